The zero-order valence-corrected chi connectivity index (χ0v) is 18.2. The standard InChI is InChI=1S/C22H17ClFN3O3S/c1-12-18-21(25-11-27(22(18)29)10-13-4-3-5-15(24)8-13)31-19(12)20(28)26-16-9-14(23)6-7-17(16)30-2/h3-9,11H,10H2,1-2H3,(H,26,28). The van der Waals surface area contributed by atoms with Crippen molar-refractivity contribution in [1.29, 1.82) is 0 Å². The molecule has 0 fully saturated rings. The van der Waals surface area contributed by atoms with Crippen molar-refractivity contribution in [2.75, 3.05) is 12.4 Å². The van der Waals surface area contributed by atoms with Crippen molar-refractivity contribution < 1.29 is 13.9 Å². The summed E-state index contributed by atoms with van der Waals surface area (Å²) in [5, 5.41) is 3.60. The molecule has 0 atom stereocenters. The van der Waals surface area contributed by atoms with Crippen LogP contribution in [0.15, 0.2) is 53.6 Å². The number of rotatable bonds is 5. The first-order valence-corrected chi connectivity index (χ1v) is 10.4. The number of carbonyl (C=O) groups excluding carboxylic acids is 1. The molecule has 0 unspecified atom stereocenters. The van der Waals surface area contributed by atoms with Crippen LogP contribution in [0.5, 0.6) is 5.75 Å². The molecule has 1 N–H and O–H groups in total. The van der Waals surface area contributed by atoms with Gasteiger partial charge in [0.15, 0.2) is 0 Å². The lowest BCUT2D eigenvalue weighted by Gasteiger charge is -2.10. The van der Waals surface area contributed by atoms with Crippen LogP contribution in [0.2, 0.25) is 5.02 Å². The molecule has 0 aliphatic heterocycles. The Morgan fingerprint density at radius 3 is 2.84 bits per heavy atom. The highest BCUT2D eigenvalue weighted by atomic mass is 35.5. The van der Waals surface area contributed by atoms with Gasteiger partial charge in [0.25, 0.3) is 11.5 Å². The van der Waals surface area contributed by atoms with Gasteiger partial charge in [-0.1, -0.05) is 23.7 Å². The number of hydrogen-bond acceptors (Lipinski definition) is 5. The number of nitrogens with zero attached hydrogens (tertiary/aromatic N) is 2. The van der Waals surface area contributed by atoms with E-state index >= 15 is 0 Å². The van der Waals surface area contributed by atoms with Crippen molar-refractivity contribution in [3.05, 3.63) is 86.0 Å². The molecule has 4 aromatic rings. The van der Waals surface area contributed by atoms with Gasteiger partial charge < -0.3 is 10.1 Å². The number of nitrogens with one attached hydrogen (secondary N) is 1. The van der Waals surface area contributed by atoms with Crippen LogP contribution in [0.4, 0.5) is 10.1 Å². The van der Waals surface area contributed by atoms with Gasteiger partial charge in [-0.05, 0) is 48.4 Å². The summed E-state index contributed by atoms with van der Waals surface area (Å²) in [5.74, 6) is -0.300. The minimum absolute atomic E-state index is 0.177. The van der Waals surface area contributed by atoms with Gasteiger partial charge in [0.1, 0.15) is 16.4 Å². The number of fused-ring (bicyclic) bond motifs is 1. The summed E-state index contributed by atoms with van der Waals surface area (Å²) >= 11 is 7.16. The minimum Gasteiger partial charge on any atom is -0.495 e. The monoisotopic (exact) mass is 457 g/mol. The van der Waals surface area contributed by atoms with Crippen LogP contribution in [0.1, 0.15) is 20.8 Å². The van der Waals surface area contributed by atoms with Gasteiger partial charge in [-0.3, -0.25) is 14.2 Å². The molecule has 6 nitrogen and oxygen atoms in total. The van der Waals surface area contributed by atoms with Gasteiger partial charge in [0.05, 0.1) is 35.9 Å². The van der Waals surface area contributed by atoms with Gasteiger partial charge in [0, 0.05) is 5.02 Å². The third-order valence-corrected chi connectivity index (χ3v) is 6.21. The van der Waals surface area contributed by atoms with Crippen LogP contribution < -0.4 is 15.6 Å². The molecule has 0 spiro atoms. The fourth-order valence-electron chi connectivity index (χ4n) is 3.28. The molecule has 2 aromatic heterocycles. The normalized spacial score (nSPS) is 11.0. The van der Waals surface area contributed by atoms with Crippen molar-refractivity contribution in [2.45, 2.75) is 13.5 Å². The Morgan fingerprint density at radius 2 is 2.10 bits per heavy atom. The summed E-state index contributed by atoms with van der Waals surface area (Å²) in [6, 6.07) is 10.9. The molecule has 4 rings (SSSR count). The van der Waals surface area contributed by atoms with E-state index in [0.717, 1.165) is 11.3 Å². The quantitative estimate of drug-likeness (QED) is 0.464. The highest BCUT2D eigenvalue weighted by Gasteiger charge is 2.20. The molecule has 31 heavy (non-hydrogen) atoms. The van der Waals surface area contributed by atoms with Crippen LogP contribution in [-0.2, 0) is 6.54 Å². The zero-order chi connectivity index (χ0) is 22.1. The number of halogens is 2. The molecular weight excluding hydrogens is 441 g/mol. The molecule has 0 aliphatic carbocycles. The Kier molecular flexibility index (Phi) is 5.75. The topological polar surface area (TPSA) is 73.2 Å². The molecule has 0 bridgehead atoms. The number of thiophene rings is 1. The third kappa shape index (κ3) is 4.17. The Balaban J connectivity index is 1.69. The van der Waals surface area contributed by atoms with Crippen LogP contribution >= 0.6 is 22.9 Å². The van der Waals surface area contributed by atoms with Crippen LogP contribution in [0.25, 0.3) is 10.2 Å². The molecule has 1 amide bonds. The van der Waals surface area contributed by atoms with E-state index in [2.05, 4.69) is 10.3 Å². The fourth-order valence-corrected chi connectivity index (χ4v) is 4.48. The number of ether oxygens (including phenoxy) is 1. The second kappa shape index (κ2) is 8.49. The van der Waals surface area contributed by atoms with Crippen molar-refractivity contribution in [1.82, 2.24) is 9.55 Å². The predicted molar refractivity (Wildman–Crippen MR) is 120 cm³/mol. The number of aromatic nitrogens is 2. The largest absolute Gasteiger partial charge is 0.495 e. The molecule has 0 aliphatic rings. The van der Waals surface area contributed by atoms with Crippen LogP contribution in [-0.4, -0.2) is 22.6 Å². The Bertz CT molecular complexity index is 1370. The smallest absolute Gasteiger partial charge is 0.266 e. The third-order valence-electron chi connectivity index (χ3n) is 4.78. The Labute approximate surface area is 185 Å². The van der Waals surface area contributed by atoms with Crippen LogP contribution in [0.3, 0.4) is 0 Å². The summed E-state index contributed by atoms with van der Waals surface area (Å²) in [6.07, 6.45) is 1.41. The van der Waals surface area contributed by atoms with E-state index in [0.29, 0.717) is 42.7 Å². The number of aryl methyl sites for hydroxylation is 1. The minimum atomic E-state index is -0.392. The molecule has 2 heterocycles. The highest BCUT2D eigenvalue weighted by molar-refractivity contribution is 7.20. The summed E-state index contributed by atoms with van der Waals surface area (Å²) in [4.78, 5) is 31.1. The second-order valence-electron chi connectivity index (χ2n) is 6.84. The molecule has 0 radical (unpaired) electrons. The van der Waals surface area contributed by atoms with E-state index in [1.807, 2.05) is 0 Å². The summed E-state index contributed by atoms with van der Waals surface area (Å²) in [7, 11) is 1.49. The predicted octanol–water partition coefficient (Wildman–Crippen LogP) is 4.87. The number of carbonyl (C=O) groups is 1. The van der Waals surface area contributed by atoms with E-state index in [4.69, 9.17) is 16.3 Å². The van der Waals surface area contributed by atoms with Gasteiger partial charge in [-0.25, -0.2) is 9.37 Å². The number of benzene rings is 2. The maximum atomic E-state index is 13.5. The van der Waals surface area contributed by atoms with Gasteiger partial charge >= 0.3 is 0 Å². The molecule has 2 aromatic carbocycles. The first kappa shape index (κ1) is 21.0. The first-order chi connectivity index (χ1) is 14.9. The van der Waals surface area contributed by atoms with Crippen molar-refractivity contribution >= 4 is 44.7 Å². The van der Waals surface area contributed by atoms with Gasteiger partial charge in [-0.15, -0.1) is 11.3 Å². The van der Waals surface area contributed by atoms with Gasteiger partial charge in [0.2, 0.25) is 0 Å². The number of anilines is 1. The number of methoxy groups -OCH3 is 1. The summed E-state index contributed by atoms with van der Waals surface area (Å²) < 4.78 is 20.1. The number of hydrogen-bond donors (Lipinski definition) is 1. The molecule has 9 heteroatoms. The Morgan fingerprint density at radius 1 is 1.29 bits per heavy atom. The Hall–Kier alpha value is -3.23. The molecular formula is C22H17ClFN3O3S. The molecule has 0 saturated carbocycles. The zero-order valence-electron chi connectivity index (χ0n) is 16.6. The average Bonchev–Trinajstić information content (AvgIpc) is 3.08. The van der Waals surface area contributed by atoms with Crippen molar-refractivity contribution in [2.24, 2.45) is 0 Å². The van der Waals surface area contributed by atoms with E-state index in [-0.39, 0.29) is 17.9 Å². The maximum absolute atomic E-state index is 13.5. The van der Waals surface area contributed by atoms with Crippen molar-refractivity contribution in [3.63, 3.8) is 0 Å². The number of amides is 1. The summed E-state index contributed by atoms with van der Waals surface area (Å²) in [6.45, 7) is 1.88. The summed E-state index contributed by atoms with van der Waals surface area (Å²) in [5.41, 5.74) is 1.31. The van der Waals surface area contributed by atoms with E-state index in [1.54, 1.807) is 37.3 Å². The SMILES string of the molecule is COc1ccc(Cl)cc1NC(=O)c1sc2ncn(Cc3cccc(F)c3)c(=O)c2c1C. The van der Waals surface area contributed by atoms with E-state index in [1.165, 1.54) is 30.1 Å². The van der Waals surface area contributed by atoms with Crippen molar-refractivity contribution in [3.8, 4) is 5.75 Å². The second-order valence-corrected chi connectivity index (χ2v) is 8.28. The lowest BCUT2D eigenvalue weighted by atomic mass is 10.2. The fraction of sp³-hybridized carbons (Fsp3) is 0.136. The van der Waals surface area contributed by atoms with Gasteiger partial charge in [-0.2, -0.15) is 0 Å². The van der Waals surface area contributed by atoms with Crippen LogP contribution in [0, 0.1) is 12.7 Å². The lowest BCUT2D eigenvalue weighted by molar-refractivity contribution is 0.102. The maximum Gasteiger partial charge on any atom is 0.266 e. The first-order valence-electron chi connectivity index (χ1n) is 9.25. The molecule has 158 valence electrons. The van der Waals surface area contributed by atoms with E-state index < -0.39 is 5.91 Å². The lowest BCUT2D eigenvalue weighted by Crippen LogP contribution is -2.21. The molecule has 0 saturated heterocycles. The highest BCUT2D eigenvalue weighted by Crippen LogP contribution is 2.31. The average molecular weight is 458 g/mol. The van der Waals surface area contributed by atoms with E-state index in [9.17, 15) is 14.0 Å².